The van der Waals surface area contributed by atoms with Crippen molar-refractivity contribution in [2.24, 2.45) is 0 Å². The molecule has 1 aliphatic rings. The fraction of sp³-hybridized carbons (Fsp3) is 0.889. The predicted molar refractivity (Wildman–Crippen MR) is 111 cm³/mol. The summed E-state index contributed by atoms with van der Waals surface area (Å²) >= 11 is 0. The van der Waals surface area contributed by atoms with E-state index in [0.29, 0.717) is 13.2 Å². The van der Waals surface area contributed by atoms with Crippen molar-refractivity contribution in [2.45, 2.75) is 64.8 Å². The third-order valence-corrected chi connectivity index (χ3v) is 10.5. The van der Waals surface area contributed by atoms with E-state index < -0.39 is 23.5 Å². The van der Waals surface area contributed by atoms with Gasteiger partial charge in [0, 0.05) is 48.1 Å². The van der Waals surface area contributed by atoms with Crippen LogP contribution < -0.4 is 0 Å². The SMILES string of the molecule is CCC=C(C)O[SiH](OCC)OCC.COC1(OC)CCCC[Si]1(OC)OC. The van der Waals surface area contributed by atoms with Crippen LogP contribution in [-0.4, -0.2) is 65.2 Å². The molecule has 0 aromatic carbocycles. The lowest BCUT2D eigenvalue weighted by atomic mass is 10.2. The highest BCUT2D eigenvalue weighted by atomic mass is 28.4. The van der Waals surface area contributed by atoms with Crippen LogP contribution in [0.1, 0.15) is 53.4 Å². The lowest BCUT2D eigenvalue weighted by Crippen LogP contribution is -2.65. The third kappa shape index (κ3) is 7.94. The molecule has 1 saturated heterocycles. The second-order valence-electron chi connectivity index (χ2n) is 6.07. The van der Waals surface area contributed by atoms with Crippen molar-refractivity contribution in [3.8, 4) is 0 Å². The van der Waals surface area contributed by atoms with Gasteiger partial charge in [0.25, 0.3) is 0 Å². The van der Waals surface area contributed by atoms with E-state index in [1.807, 2.05) is 26.8 Å². The van der Waals surface area contributed by atoms with Crippen molar-refractivity contribution in [3.05, 3.63) is 11.8 Å². The molecule has 7 nitrogen and oxygen atoms in total. The molecule has 1 fully saturated rings. The summed E-state index contributed by atoms with van der Waals surface area (Å²) in [7, 11) is 2.45. The van der Waals surface area contributed by atoms with Crippen LogP contribution >= 0.6 is 0 Å². The van der Waals surface area contributed by atoms with E-state index in [2.05, 4.69) is 6.92 Å². The fourth-order valence-corrected chi connectivity index (χ4v) is 7.82. The largest absolute Gasteiger partial charge is 0.549 e. The molecule has 0 atom stereocenters. The molecule has 27 heavy (non-hydrogen) atoms. The highest BCUT2D eigenvalue weighted by molar-refractivity contribution is 6.70. The molecule has 1 heterocycles. The minimum absolute atomic E-state index is 0.630. The molecule has 162 valence electrons. The maximum Gasteiger partial charge on any atom is 0.549 e. The second-order valence-corrected chi connectivity index (χ2v) is 11.1. The molecule has 0 aliphatic carbocycles. The van der Waals surface area contributed by atoms with E-state index >= 15 is 0 Å². The molecule has 0 aromatic heterocycles. The molecular weight excluding hydrogens is 384 g/mol. The Hall–Kier alpha value is -0.266. The van der Waals surface area contributed by atoms with Crippen LogP contribution in [0.5, 0.6) is 0 Å². The Balaban J connectivity index is 0.000000503. The van der Waals surface area contributed by atoms with Crippen molar-refractivity contribution in [1.82, 2.24) is 0 Å². The summed E-state index contributed by atoms with van der Waals surface area (Å²) < 4.78 is 38.4. The smallest absolute Gasteiger partial charge is 0.507 e. The van der Waals surface area contributed by atoms with Gasteiger partial charge in [0.2, 0.25) is 5.41 Å². The van der Waals surface area contributed by atoms with E-state index in [-0.39, 0.29) is 0 Å². The molecule has 0 spiro atoms. The first-order chi connectivity index (χ1) is 12.9. The van der Waals surface area contributed by atoms with Gasteiger partial charge in [-0.05, 0) is 45.7 Å². The topological polar surface area (TPSA) is 64.6 Å². The predicted octanol–water partition coefficient (Wildman–Crippen LogP) is 3.54. The van der Waals surface area contributed by atoms with E-state index in [4.69, 9.17) is 31.6 Å². The molecule has 1 rings (SSSR count). The van der Waals surface area contributed by atoms with Crippen LogP contribution in [0.4, 0.5) is 0 Å². The van der Waals surface area contributed by atoms with Gasteiger partial charge in [-0.3, -0.25) is 0 Å². The van der Waals surface area contributed by atoms with Crippen molar-refractivity contribution in [1.29, 1.82) is 0 Å². The summed E-state index contributed by atoms with van der Waals surface area (Å²) in [5.41, 5.74) is -0.630. The number of rotatable bonds is 11. The van der Waals surface area contributed by atoms with E-state index in [9.17, 15) is 0 Å². The van der Waals surface area contributed by atoms with Crippen LogP contribution in [0.15, 0.2) is 11.8 Å². The monoisotopic (exact) mass is 424 g/mol. The number of allylic oxidation sites excluding steroid dienone is 2. The molecule has 0 N–H and O–H groups in total. The molecule has 0 saturated carbocycles. The van der Waals surface area contributed by atoms with E-state index in [1.165, 1.54) is 0 Å². The quantitative estimate of drug-likeness (QED) is 0.285. The summed E-state index contributed by atoms with van der Waals surface area (Å²) in [6.45, 7) is 9.20. The van der Waals surface area contributed by atoms with Gasteiger partial charge in [0.1, 0.15) is 0 Å². The second kappa shape index (κ2) is 14.7. The van der Waals surface area contributed by atoms with Crippen LogP contribution in [0.2, 0.25) is 6.04 Å². The molecule has 0 aromatic rings. The van der Waals surface area contributed by atoms with E-state index in [1.54, 1.807) is 28.4 Å². The standard InChI is InChI=1S/C9H20O4Si.C9H20O3Si/c1-10-9(11-2)7-5-6-8-14(9,12-3)13-4;1-5-8-9(4)12-13(10-6-2)11-7-3/h5-8H2,1-4H3;8,13H,5-7H2,1-4H3. The average molecular weight is 425 g/mol. The first kappa shape index (κ1) is 26.7. The average Bonchev–Trinajstić information content (AvgIpc) is 2.68. The Morgan fingerprint density at radius 2 is 1.52 bits per heavy atom. The maximum absolute atomic E-state index is 5.59. The molecule has 0 unspecified atom stereocenters. The van der Waals surface area contributed by atoms with Crippen molar-refractivity contribution in [3.63, 3.8) is 0 Å². The maximum atomic E-state index is 5.59. The normalized spacial score (nSPS) is 18.8. The van der Waals surface area contributed by atoms with Crippen molar-refractivity contribution < 1.29 is 31.6 Å². The van der Waals surface area contributed by atoms with E-state index in [0.717, 1.165) is 37.5 Å². The minimum atomic E-state index is -2.35. The zero-order valence-corrected chi connectivity index (χ0v) is 20.6. The van der Waals surface area contributed by atoms with Crippen LogP contribution in [0, 0.1) is 0 Å². The minimum Gasteiger partial charge on any atom is -0.507 e. The van der Waals surface area contributed by atoms with Gasteiger partial charge in [-0.15, -0.1) is 0 Å². The Morgan fingerprint density at radius 1 is 0.963 bits per heavy atom. The van der Waals surface area contributed by atoms with Gasteiger partial charge < -0.3 is 31.6 Å². The fourth-order valence-electron chi connectivity index (χ4n) is 3.17. The number of methoxy groups -OCH3 is 2. The Labute approximate surface area is 168 Å². The van der Waals surface area contributed by atoms with Gasteiger partial charge in [0.15, 0.2) is 0 Å². The number of hydrogen-bond donors (Lipinski definition) is 0. The lowest BCUT2D eigenvalue weighted by Gasteiger charge is -2.46. The van der Waals surface area contributed by atoms with Gasteiger partial charge >= 0.3 is 18.1 Å². The van der Waals surface area contributed by atoms with Crippen LogP contribution in [0.25, 0.3) is 0 Å². The van der Waals surface area contributed by atoms with Gasteiger partial charge in [-0.2, -0.15) is 0 Å². The summed E-state index contributed by atoms with van der Waals surface area (Å²) in [4.78, 5) is 0. The number of ether oxygens (including phenoxy) is 2. The van der Waals surface area contributed by atoms with Crippen molar-refractivity contribution >= 4 is 18.1 Å². The first-order valence-electron chi connectivity index (χ1n) is 9.71. The van der Waals surface area contributed by atoms with Crippen LogP contribution in [0.3, 0.4) is 0 Å². The van der Waals surface area contributed by atoms with Crippen LogP contribution in [-0.2, 0) is 31.6 Å². The first-order valence-corrected chi connectivity index (χ1v) is 13.2. The third-order valence-electron chi connectivity index (χ3n) is 4.54. The molecule has 1 aliphatic heterocycles. The molecule has 9 heteroatoms. The van der Waals surface area contributed by atoms with Gasteiger partial charge in [0.05, 0.1) is 5.76 Å². The summed E-state index contributed by atoms with van der Waals surface area (Å²) in [6, 6.07) is 0.932. The highest BCUT2D eigenvalue weighted by Gasteiger charge is 2.60. The van der Waals surface area contributed by atoms with Gasteiger partial charge in [-0.25, -0.2) is 0 Å². The molecular formula is C18H40O7Si2. The highest BCUT2D eigenvalue weighted by Crippen LogP contribution is 2.40. The molecule has 0 amide bonds. The number of hydrogen-bond acceptors (Lipinski definition) is 7. The molecule has 0 bridgehead atoms. The Kier molecular flexibility index (Phi) is 14.5. The van der Waals surface area contributed by atoms with Crippen molar-refractivity contribution in [2.75, 3.05) is 41.7 Å². The Bertz CT molecular complexity index is 373. The zero-order chi connectivity index (χ0) is 20.8. The summed E-state index contributed by atoms with van der Waals surface area (Å²) in [5.74, 6) is 0.904. The summed E-state index contributed by atoms with van der Waals surface area (Å²) in [6.07, 6.45) is 6.09. The summed E-state index contributed by atoms with van der Waals surface area (Å²) in [5, 5.41) is 0. The lowest BCUT2D eigenvalue weighted by molar-refractivity contribution is -0.183. The van der Waals surface area contributed by atoms with Gasteiger partial charge in [-0.1, -0.05) is 13.3 Å². The Morgan fingerprint density at radius 3 is 1.89 bits per heavy atom. The molecule has 0 radical (unpaired) electrons. The zero-order valence-electron chi connectivity index (χ0n) is 18.5.